The van der Waals surface area contributed by atoms with Gasteiger partial charge in [-0.05, 0) is 89.2 Å². The number of aliphatic carboxylic acids is 2. The molecule has 0 spiro atoms. The molecule has 0 radical (unpaired) electrons. The van der Waals surface area contributed by atoms with Crippen LogP contribution in [0.5, 0.6) is 0 Å². The molecule has 62 heavy (non-hydrogen) atoms. The molecule has 0 saturated heterocycles. The van der Waals surface area contributed by atoms with E-state index in [0.29, 0.717) is 25.1 Å². The minimum absolute atomic E-state index is 0.0156. The molecular weight excluding hydrogens is 837 g/mol. The SMILES string of the molecule is CSCC[C@H](NC(=O)[C@H](CCCCN)NC(=O)[C@@H](N)[C@@H](C)O)C(=O)N[C@@H](CCCN=C(N)N)C(=O)N[C@@H](CC(C)C)C(=O)N[C@@H](CCC(=O)O)C(=O)N[C@@H](CCC(N)=O)C(=O)O. The number of carbonyl (C=O) groups excluding carboxylic acids is 7. The van der Waals surface area contributed by atoms with Crippen molar-refractivity contribution in [3.8, 4) is 0 Å². The van der Waals surface area contributed by atoms with E-state index in [2.05, 4.69) is 36.9 Å². The van der Waals surface area contributed by atoms with Gasteiger partial charge in [0.2, 0.25) is 41.4 Å². The van der Waals surface area contributed by atoms with E-state index >= 15 is 0 Å². The van der Waals surface area contributed by atoms with Gasteiger partial charge in [-0.15, -0.1) is 0 Å². The van der Waals surface area contributed by atoms with Gasteiger partial charge in [-0.25, -0.2) is 4.79 Å². The van der Waals surface area contributed by atoms with E-state index in [1.54, 1.807) is 20.1 Å². The molecule has 0 aliphatic heterocycles. The largest absolute Gasteiger partial charge is 0.481 e. The van der Waals surface area contributed by atoms with Crippen LogP contribution in [-0.2, 0) is 43.2 Å². The number of guanidine groups is 1. The zero-order valence-electron chi connectivity index (χ0n) is 35.9. The Hall–Kier alpha value is -5.27. The van der Waals surface area contributed by atoms with Crippen LogP contribution < -0.4 is 60.6 Å². The first-order valence-corrected chi connectivity index (χ1v) is 21.7. The Morgan fingerprint density at radius 2 is 1.03 bits per heavy atom. The number of aliphatic hydroxyl groups excluding tert-OH is 1. The number of nitrogens with one attached hydrogen (secondary N) is 6. The van der Waals surface area contributed by atoms with Crippen molar-refractivity contribution in [3.05, 3.63) is 0 Å². The second kappa shape index (κ2) is 30.7. The summed E-state index contributed by atoms with van der Waals surface area (Å²) in [5.41, 5.74) is 27.4. The number of rotatable bonds is 33. The van der Waals surface area contributed by atoms with Crippen molar-refractivity contribution in [3.63, 3.8) is 0 Å². The third-order valence-electron chi connectivity index (χ3n) is 9.14. The number of primary amides is 1. The molecule has 0 saturated carbocycles. The highest BCUT2D eigenvalue weighted by Crippen LogP contribution is 2.11. The fourth-order valence-electron chi connectivity index (χ4n) is 5.67. The van der Waals surface area contributed by atoms with E-state index in [0.717, 1.165) is 0 Å². The highest BCUT2D eigenvalue weighted by atomic mass is 32.2. The van der Waals surface area contributed by atoms with Crippen LogP contribution in [0, 0.1) is 5.92 Å². The van der Waals surface area contributed by atoms with Crippen LogP contribution in [0.2, 0.25) is 0 Å². The van der Waals surface area contributed by atoms with Crippen LogP contribution in [0.25, 0.3) is 0 Å². The number of nitrogens with two attached hydrogens (primary N) is 5. The summed E-state index contributed by atoms with van der Waals surface area (Å²) in [6.45, 7) is 5.13. The zero-order valence-corrected chi connectivity index (χ0v) is 36.7. The van der Waals surface area contributed by atoms with Gasteiger partial charge < -0.3 is 75.9 Å². The summed E-state index contributed by atoms with van der Waals surface area (Å²) in [6.07, 6.45) is -0.113. The van der Waals surface area contributed by atoms with Crippen LogP contribution >= 0.6 is 11.8 Å². The maximum atomic E-state index is 14.0. The fraction of sp³-hybridized carbons (Fsp3) is 0.730. The molecule has 0 unspecified atom stereocenters. The maximum absolute atomic E-state index is 14.0. The Morgan fingerprint density at radius 3 is 1.47 bits per heavy atom. The molecule has 0 aliphatic rings. The lowest BCUT2D eigenvalue weighted by atomic mass is 10.0. The minimum Gasteiger partial charge on any atom is -0.481 e. The first-order valence-electron chi connectivity index (χ1n) is 20.3. The standard InChI is InChI=1S/C37H68N12O12S/c1-19(2)18-26(34(58)45-23(11-13-28(52)53)32(56)48-25(36(60)61)10-12-27(39)51)49-31(55)22(9-7-16-43-37(41)42)44-33(57)24(14-17-62-4)46-30(54)21(8-5-6-15-38)47-35(59)29(40)20(3)50/h19-26,29,50H,5-18,38,40H2,1-4H3,(H2,39,51)(H,44,57)(H,45,58)(H,46,54)(H,47,59)(H,48,56)(H,49,55)(H,52,53)(H,60,61)(H4,41,42,43)/t20-,21+,22+,23+,24+,25+,26+,29+/m1/s1. The second-order valence-electron chi connectivity index (χ2n) is 15.1. The molecule has 7 amide bonds. The lowest BCUT2D eigenvalue weighted by molar-refractivity contribution is -0.143. The predicted octanol–water partition coefficient (Wildman–Crippen LogP) is -4.20. The molecule has 0 aromatic carbocycles. The van der Waals surface area contributed by atoms with E-state index in [1.807, 2.05) is 0 Å². The lowest BCUT2D eigenvalue weighted by Gasteiger charge is -2.28. The van der Waals surface area contributed by atoms with Gasteiger partial charge in [-0.1, -0.05) is 13.8 Å². The summed E-state index contributed by atoms with van der Waals surface area (Å²) in [5.74, 6) is -8.96. The first kappa shape index (κ1) is 56.7. The van der Waals surface area contributed by atoms with Gasteiger partial charge in [-0.2, -0.15) is 11.8 Å². The van der Waals surface area contributed by atoms with E-state index < -0.39 is 121 Å². The molecule has 0 fully saturated rings. The molecule has 0 aromatic heterocycles. The highest BCUT2D eigenvalue weighted by molar-refractivity contribution is 7.98. The third-order valence-corrected chi connectivity index (χ3v) is 9.78. The average molecular weight is 905 g/mol. The molecule has 8 atom stereocenters. The summed E-state index contributed by atoms with van der Waals surface area (Å²) in [6, 6.07) is -9.66. The Morgan fingerprint density at radius 1 is 0.597 bits per heavy atom. The van der Waals surface area contributed by atoms with Gasteiger partial charge in [0.25, 0.3) is 0 Å². The molecule has 0 heterocycles. The molecular formula is C37H68N12O12S. The molecule has 0 aromatic rings. The Kier molecular flexibility index (Phi) is 28.1. The van der Waals surface area contributed by atoms with Crippen molar-refractivity contribution >= 4 is 71.0 Å². The lowest BCUT2D eigenvalue weighted by Crippen LogP contribution is -2.60. The van der Waals surface area contributed by atoms with Crippen LogP contribution in [0.15, 0.2) is 4.99 Å². The van der Waals surface area contributed by atoms with Gasteiger partial charge >= 0.3 is 11.9 Å². The molecule has 25 heteroatoms. The van der Waals surface area contributed by atoms with Crippen LogP contribution in [-0.4, -0.2) is 148 Å². The quantitative estimate of drug-likeness (QED) is 0.0169. The average Bonchev–Trinajstić information content (AvgIpc) is 3.18. The zero-order chi connectivity index (χ0) is 47.5. The summed E-state index contributed by atoms with van der Waals surface area (Å²) in [5, 5.41) is 43.7. The van der Waals surface area contributed by atoms with Gasteiger partial charge in [0, 0.05) is 19.4 Å². The second-order valence-corrected chi connectivity index (χ2v) is 16.0. The van der Waals surface area contributed by atoms with Crippen molar-refractivity contribution in [2.24, 2.45) is 39.6 Å². The number of aliphatic hydroxyl groups is 1. The Labute approximate surface area is 365 Å². The summed E-state index contributed by atoms with van der Waals surface area (Å²) in [7, 11) is 0. The number of thioether (sulfide) groups is 1. The molecule has 0 rings (SSSR count). The third kappa shape index (κ3) is 24.2. The van der Waals surface area contributed by atoms with Crippen molar-refractivity contribution in [1.29, 1.82) is 0 Å². The molecule has 24 nitrogen and oxygen atoms in total. The van der Waals surface area contributed by atoms with Crippen LogP contribution in [0.4, 0.5) is 0 Å². The van der Waals surface area contributed by atoms with Crippen LogP contribution in [0.3, 0.4) is 0 Å². The van der Waals surface area contributed by atoms with Crippen molar-refractivity contribution in [2.45, 2.75) is 140 Å². The molecule has 0 bridgehead atoms. The number of carboxylic acid groups (broad SMARTS) is 2. The van der Waals surface area contributed by atoms with Gasteiger partial charge in [0.15, 0.2) is 5.96 Å². The van der Waals surface area contributed by atoms with E-state index in [-0.39, 0.29) is 56.9 Å². The fourth-order valence-corrected chi connectivity index (χ4v) is 6.14. The number of unbranched alkanes of at least 4 members (excludes halogenated alkanes) is 1. The van der Waals surface area contributed by atoms with Gasteiger partial charge in [-0.3, -0.25) is 43.3 Å². The Bertz CT molecular complexity index is 1530. The number of carbonyl (C=O) groups is 9. The van der Waals surface area contributed by atoms with Gasteiger partial charge in [0.1, 0.15) is 42.3 Å². The molecule has 0 aliphatic carbocycles. The summed E-state index contributed by atoms with van der Waals surface area (Å²) in [4.78, 5) is 120. The topological polar surface area (TPSA) is 429 Å². The highest BCUT2D eigenvalue weighted by Gasteiger charge is 2.34. The normalized spacial score (nSPS) is 14.9. The summed E-state index contributed by atoms with van der Waals surface area (Å²) < 4.78 is 0. The monoisotopic (exact) mass is 904 g/mol. The van der Waals surface area contributed by atoms with Gasteiger partial charge in [0.05, 0.1) is 6.10 Å². The number of aliphatic imine (C=N–C) groups is 1. The number of hydrogen-bond donors (Lipinski definition) is 14. The first-order chi connectivity index (χ1) is 29.0. The summed E-state index contributed by atoms with van der Waals surface area (Å²) >= 11 is 1.37. The van der Waals surface area contributed by atoms with E-state index in [4.69, 9.17) is 28.7 Å². The minimum atomic E-state index is -1.60. The van der Waals surface area contributed by atoms with E-state index in [1.165, 1.54) is 18.7 Å². The maximum Gasteiger partial charge on any atom is 0.326 e. The molecule has 354 valence electrons. The van der Waals surface area contributed by atoms with E-state index in [9.17, 15) is 58.5 Å². The number of carboxylic acids is 2. The van der Waals surface area contributed by atoms with Crippen molar-refractivity contribution < 1.29 is 58.5 Å². The van der Waals surface area contributed by atoms with Crippen LogP contribution in [0.1, 0.15) is 91.4 Å². The molecule has 19 N–H and O–H groups in total. The smallest absolute Gasteiger partial charge is 0.326 e. The number of hydrogen-bond acceptors (Lipinski definition) is 14. The number of amides is 7. The Balaban J connectivity index is 6.61. The number of nitrogens with zero attached hydrogens (tertiary/aromatic N) is 1. The predicted molar refractivity (Wildman–Crippen MR) is 229 cm³/mol. The van der Waals surface area contributed by atoms with Crippen molar-refractivity contribution in [2.75, 3.05) is 25.1 Å². The van der Waals surface area contributed by atoms with Crippen molar-refractivity contribution in [1.82, 2.24) is 31.9 Å².